The Morgan fingerprint density at radius 3 is 3.07 bits per heavy atom. The first kappa shape index (κ1) is 11.4. The van der Waals surface area contributed by atoms with Gasteiger partial charge in [0.25, 0.3) is 0 Å². The van der Waals surface area contributed by atoms with E-state index in [0.717, 1.165) is 5.56 Å². The number of rotatable bonds is 4. The van der Waals surface area contributed by atoms with Gasteiger partial charge < -0.3 is 4.74 Å². The van der Waals surface area contributed by atoms with Gasteiger partial charge in [-0.1, -0.05) is 41.0 Å². The molecule has 0 bridgehead atoms. The number of hydrogen-bond donors (Lipinski definition) is 0. The summed E-state index contributed by atoms with van der Waals surface area (Å²) in [6.45, 7) is 0.312. The first-order chi connectivity index (χ1) is 7.29. The Morgan fingerprint density at radius 1 is 1.60 bits per heavy atom. The second-order valence-electron chi connectivity index (χ2n) is 2.68. The molecule has 1 aromatic carbocycles. The molecule has 0 N–H and O–H groups in total. The highest BCUT2D eigenvalue weighted by Gasteiger charge is 2.03. The minimum atomic E-state index is 0.312. The zero-order valence-corrected chi connectivity index (χ0v) is 8.98. The van der Waals surface area contributed by atoms with Gasteiger partial charge in [-0.3, -0.25) is 0 Å². The quantitative estimate of drug-likeness (QED) is 0.436. The number of hydrogen-bond acceptors (Lipinski definition) is 2. The Kier molecular flexibility index (Phi) is 4.54. The Balaban J connectivity index is 2.89. The molecule has 0 amide bonds. The number of azide groups is 1. The SMILES string of the molecule is COc1c(Cl)cccc1C=CCN=[N+]=[N-]. The molecule has 0 spiro atoms. The third kappa shape index (κ3) is 3.20. The molecule has 0 fully saturated rings. The van der Waals surface area contributed by atoms with Crippen LogP contribution in [-0.4, -0.2) is 13.7 Å². The van der Waals surface area contributed by atoms with Crippen LogP contribution in [0.2, 0.25) is 5.02 Å². The third-order valence-corrected chi connectivity index (χ3v) is 2.05. The molecular weight excluding hydrogens is 214 g/mol. The average Bonchev–Trinajstić information content (AvgIpc) is 2.24. The smallest absolute Gasteiger partial charge is 0.144 e. The van der Waals surface area contributed by atoms with Gasteiger partial charge in [-0.2, -0.15) is 0 Å². The van der Waals surface area contributed by atoms with Gasteiger partial charge in [0.1, 0.15) is 5.75 Å². The number of halogens is 1. The van der Waals surface area contributed by atoms with Gasteiger partial charge in [0.05, 0.1) is 12.1 Å². The van der Waals surface area contributed by atoms with E-state index in [9.17, 15) is 0 Å². The van der Waals surface area contributed by atoms with Crippen molar-refractivity contribution in [1.82, 2.24) is 0 Å². The molecular formula is C10H10ClN3O. The predicted octanol–water partition coefficient (Wildman–Crippen LogP) is 3.67. The van der Waals surface area contributed by atoms with Crippen LogP contribution in [0.5, 0.6) is 5.75 Å². The number of nitrogens with zero attached hydrogens (tertiary/aromatic N) is 3. The van der Waals surface area contributed by atoms with Gasteiger partial charge >= 0.3 is 0 Å². The molecule has 5 heteroatoms. The molecule has 0 radical (unpaired) electrons. The van der Waals surface area contributed by atoms with Crippen LogP contribution in [0.3, 0.4) is 0 Å². The fourth-order valence-corrected chi connectivity index (χ4v) is 1.39. The van der Waals surface area contributed by atoms with Crippen molar-refractivity contribution < 1.29 is 4.74 Å². The van der Waals surface area contributed by atoms with Crippen molar-refractivity contribution in [3.05, 3.63) is 45.3 Å². The van der Waals surface area contributed by atoms with E-state index in [4.69, 9.17) is 21.9 Å². The van der Waals surface area contributed by atoms with Crippen LogP contribution in [0.15, 0.2) is 29.4 Å². The van der Waals surface area contributed by atoms with Gasteiger partial charge in [-0.05, 0) is 11.6 Å². The van der Waals surface area contributed by atoms with E-state index < -0.39 is 0 Å². The first-order valence-electron chi connectivity index (χ1n) is 4.29. The van der Waals surface area contributed by atoms with Gasteiger partial charge in [-0.25, -0.2) is 0 Å². The van der Waals surface area contributed by atoms with E-state index in [-0.39, 0.29) is 0 Å². The van der Waals surface area contributed by atoms with E-state index in [1.807, 2.05) is 12.1 Å². The first-order valence-corrected chi connectivity index (χ1v) is 4.67. The lowest BCUT2D eigenvalue weighted by molar-refractivity contribution is 0.414. The van der Waals surface area contributed by atoms with E-state index >= 15 is 0 Å². The van der Waals surface area contributed by atoms with E-state index in [1.165, 1.54) is 0 Å². The highest BCUT2D eigenvalue weighted by molar-refractivity contribution is 6.32. The number of methoxy groups -OCH3 is 1. The molecule has 4 nitrogen and oxygen atoms in total. The minimum Gasteiger partial charge on any atom is -0.495 e. The van der Waals surface area contributed by atoms with Gasteiger partial charge in [0.15, 0.2) is 0 Å². The van der Waals surface area contributed by atoms with Crippen molar-refractivity contribution in [2.45, 2.75) is 0 Å². The van der Waals surface area contributed by atoms with Crippen molar-refractivity contribution >= 4 is 17.7 Å². The normalized spacial score (nSPS) is 10.0. The molecule has 1 rings (SSSR count). The van der Waals surface area contributed by atoms with Crippen molar-refractivity contribution in [1.29, 1.82) is 0 Å². The molecule has 15 heavy (non-hydrogen) atoms. The fourth-order valence-electron chi connectivity index (χ4n) is 1.14. The Bertz CT molecular complexity index is 411. The Hall–Kier alpha value is -1.64. The summed E-state index contributed by atoms with van der Waals surface area (Å²) in [4.78, 5) is 2.64. The van der Waals surface area contributed by atoms with Crippen LogP contribution in [0.25, 0.3) is 16.5 Å². The molecule has 0 heterocycles. The maximum absolute atomic E-state index is 8.09. The summed E-state index contributed by atoms with van der Waals surface area (Å²) in [5.41, 5.74) is 8.95. The minimum absolute atomic E-state index is 0.312. The number of ether oxygens (including phenoxy) is 1. The summed E-state index contributed by atoms with van der Waals surface area (Å²) in [6.07, 6.45) is 3.55. The van der Waals surface area contributed by atoms with Crippen LogP contribution in [-0.2, 0) is 0 Å². The summed E-state index contributed by atoms with van der Waals surface area (Å²) >= 11 is 5.93. The fraction of sp³-hybridized carbons (Fsp3) is 0.200. The second-order valence-corrected chi connectivity index (χ2v) is 3.09. The summed E-state index contributed by atoms with van der Waals surface area (Å²) < 4.78 is 5.15. The van der Waals surface area contributed by atoms with Gasteiger partial charge in [0, 0.05) is 17.0 Å². The molecule has 0 aliphatic rings. The van der Waals surface area contributed by atoms with Crippen LogP contribution in [0.4, 0.5) is 0 Å². The summed E-state index contributed by atoms with van der Waals surface area (Å²) in [5.74, 6) is 0.622. The predicted molar refractivity (Wildman–Crippen MR) is 61.1 cm³/mol. The molecule has 0 aliphatic carbocycles. The van der Waals surface area contributed by atoms with Crippen molar-refractivity contribution in [2.75, 3.05) is 13.7 Å². The largest absolute Gasteiger partial charge is 0.495 e. The van der Waals surface area contributed by atoms with Crippen LogP contribution in [0.1, 0.15) is 5.56 Å². The van der Waals surface area contributed by atoms with E-state index in [1.54, 1.807) is 25.3 Å². The van der Waals surface area contributed by atoms with Crippen LogP contribution >= 0.6 is 11.6 Å². The van der Waals surface area contributed by atoms with E-state index in [2.05, 4.69) is 10.0 Å². The van der Waals surface area contributed by atoms with Crippen LogP contribution < -0.4 is 4.74 Å². The summed E-state index contributed by atoms with van der Waals surface area (Å²) in [5, 5.41) is 3.94. The Morgan fingerprint density at radius 2 is 2.40 bits per heavy atom. The molecule has 0 aromatic heterocycles. The highest BCUT2D eigenvalue weighted by Crippen LogP contribution is 2.28. The standard InChI is InChI=1S/C10H10ClN3O/c1-15-10-8(4-2-6-9(10)11)5-3-7-13-14-12/h2-6H,7H2,1H3. The van der Waals surface area contributed by atoms with Crippen molar-refractivity contribution in [2.24, 2.45) is 5.11 Å². The molecule has 0 aliphatic heterocycles. The molecule has 0 saturated heterocycles. The maximum Gasteiger partial charge on any atom is 0.144 e. The molecule has 1 aromatic rings. The van der Waals surface area contributed by atoms with Gasteiger partial charge in [0.2, 0.25) is 0 Å². The average molecular weight is 224 g/mol. The van der Waals surface area contributed by atoms with Crippen molar-refractivity contribution in [3.63, 3.8) is 0 Å². The molecule has 78 valence electrons. The lowest BCUT2D eigenvalue weighted by Crippen LogP contribution is -1.87. The molecule has 0 saturated carbocycles. The number of benzene rings is 1. The monoisotopic (exact) mass is 223 g/mol. The van der Waals surface area contributed by atoms with Crippen molar-refractivity contribution in [3.8, 4) is 5.75 Å². The molecule has 0 atom stereocenters. The topological polar surface area (TPSA) is 58.0 Å². The van der Waals surface area contributed by atoms with E-state index in [0.29, 0.717) is 17.3 Å². The molecule has 0 unspecified atom stereocenters. The van der Waals surface area contributed by atoms with Crippen LogP contribution in [0, 0.1) is 0 Å². The highest BCUT2D eigenvalue weighted by atomic mass is 35.5. The summed E-state index contributed by atoms with van der Waals surface area (Å²) in [6, 6.07) is 5.46. The second kappa shape index (κ2) is 5.96. The summed E-state index contributed by atoms with van der Waals surface area (Å²) in [7, 11) is 1.56. The van der Waals surface area contributed by atoms with Gasteiger partial charge in [-0.15, -0.1) is 0 Å². The zero-order valence-electron chi connectivity index (χ0n) is 8.22. The number of para-hydroxylation sites is 1. The zero-order chi connectivity index (χ0) is 11.1. The lowest BCUT2D eigenvalue weighted by atomic mass is 10.2. The lowest BCUT2D eigenvalue weighted by Gasteiger charge is -2.05. The third-order valence-electron chi connectivity index (χ3n) is 1.75. The Labute approximate surface area is 92.8 Å². The maximum atomic E-state index is 8.09.